The molecule has 0 spiro atoms. The van der Waals surface area contributed by atoms with Crippen molar-refractivity contribution in [2.24, 2.45) is 17.8 Å². The third-order valence-electron chi connectivity index (χ3n) is 6.80. The monoisotopic (exact) mass is 336 g/mol. The third-order valence-corrected chi connectivity index (χ3v) is 6.80. The Labute approximate surface area is 152 Å². The Morgan fingerprint density at radius 3 is 1.71 bits per heavy atom. The largest absolute Gasteiger partial charge is 0.378 e. The van der Waals surface area contributed by atoms with Crippen LogP contribution in [-0.2, 0) is 4.74 Å². The minimum absolute atomic E-state index is 0.591. The molecule has 2 rings (SSSR count). The van der Waals surface area contributed by atoms with Crippen molar-refractivity contribution in [3.8, 4) is 0 Å². The summed E-state index contributed by atoms with van der Waals surface area (Å²) in [6.07, 6.45) is 23.3. The normalized spacial score (nSPS) is 31.2. The van der Waals surface area contributed by atoms with Crippen LogP contribution in [0.2, 0.25) is 0 Å². The van der Waals surface area contributed by atoms with Crippen LogP contribution in [0.1, 0.15) is 117 Å². The SMILES string of the molecule is CCCCCCCCCCO[C@H]1CC[C@H]([C@H]2CC[C@H](C)CC2)CC1. The second kappa shape index (κ2) is 12.3. The Bertz CT molecular complexity index is 284. The summed E-state index contributed by atoms with van der Waals surface area (Å²) in [7, 11) is 0. The van der Waals surface area contributed by atoms with Crippen LogP contribution in [0.25, 0.3) is 0 Å². The van der Waals surface area contributed by atoms with Gasteiger partial charge in [0, 0.05) is 6.61 Å². The Balaban J connectivity index is 1.42. The lowest BCUT2D eigenvalue weighted by Crippen LogP contribution is -2.28. The molecule has 2 aliphatic rings. The van der Waals surface area contributed by atoms with Gasteiger partial charge in [-0.25, -0.2) is 0 Å². The molecule has 2 aliphatic carbocycles. The first kappa shape index (κ1) is 20.3. The second-order valence-electron chi connectivity index (χ2n) is 8.90. The van der Waals surface area contributed by atoms with Gasteiger partial charge in [-0.3, -0.25) is 0 Å². The quantitative estimate of drug-likeness (QED) is 0.354. The molecule has 0 heterocycles. The van der Waals surface area contributed by atoms with Crippen LogP contribution in [0.4, 0.5) is 0 Å². The molecule has 0 aromatic rings. The van der Waals surface area contributed by atoms with Crippen LogP contribution in [0.3, 0.4) is 0 Å². The van der Waals surface area contributed by atoms with Crippen molar-refractivity contribution in [2.75, 3.05) is 6.61 Å². The van der Waals surface area contributed by atoms with E-state index in [1.54, 1.807) is 0 Å². The van der Waals surface area contributed by atoms with E-state index in [4.69, 9.17) is 4.74 Å². The molecule has 24 heavy (non-hydrogen) atoms. The first-order chi connectivity index (χ1) is 11.8. The molecule has 0 radical (unpaired) electrons. The van der Waals surface area contributed by atoms with E-state index in [0.717, 1.165) is 24.4 Å². The lowest BCUT2D eigenvalue weighted by atomic mass is 9.71. The van der Waals surface area contributed by atoms with Crippen molar-refractivity contribution in [1.82, 2.24) is 0 Å². The van der Waals surface area contributed by atoms with E-state index in [2.05, 4.69) is 13.8 Å². The summed E-state index contributed by atoms with van der Waals surface area (Å²) in [5.74, 6) is 3.07. The van der Waals surface area contributed by atoms with Gasteiger partial charge in [0.1, 0.15) is 0 Å². The van der Waals surface area contributed by atoms with Gasteiger partial charge in [0.15, 0.2) is 0 Å². The first-order valence-electron chi connectivity index (χ1n) is 11.4. The summed E-state index contributed by atoms with van der Waals surface area (Å²) in [5.41, 5.74) is 0. The molecule has 0 N–H and O–H groups in total. The van der Waals surface area contributed by atoms with Gasteiger partial charge in [-0.2, -0.15) is 0 Å². The molecular formula is C23H44O. The third kappa shape index (κ3) is 7.89. The van der Waals surface area contributed by atoms with Gasteiger partial charge in [-0.15, -0.1) is 0 Å². The topological polar surface area (TPSA) is 9.23 Å². The summed E-state index contributed by atoms with van der Waals surface area (Å²) in [6, 6.07) is 0. The van der Waals surface area contributed by atoms with Crippen LogP contribution in [0.5, 0.6) is 0 Å². The molecule has 1 nitrogen and oxygen atoms in total. The van der Waals surface area contributed by atoms with E-state index in [1.165, 1.54) is 103 Å². The molecule has 0 aromatic heterocycles. The molecule has 0 aromatic carbocycles. The highest BCUT2D eigenvalue weighted by atomic mass is 16.5. The van der Waals surface area contributed by atoms with Crippen LogP contribution in [-0.4, -0.2) is 12.7 Å². The van der Waals surface area contributed by atoms with Crippen molar-refractivity contribution in [3.63, 3.8) is 0 Å². The standard InChI is InChI=1S/C23H44O/c1-3-4-5-6-7-8-9-10-19-24-23-17-15-22(16-18-23)21-13-11-20(2)12-14-21/h20-23H,3-19H2,1-2H3/t20-,21-,22-,23-. The highest BCUT2D eigenvalue weighted by Crippen LogP contribution is 2.40. The van der Waals surface area contributed by atoms with Gasteiger partial charge in [0.25, 0.3) is 0 Å². The van der Waals surface area contributed by atoms with Crippen LogP contribution < -0.4 is 0 Å². The van der Waals surface area contributed by atoms with Crippen LogP contribution in [0.15, 0.2) is 0 Å². The Hall–Kier alpha value is -0.0400. The molecule has 0 amide bonds. The van der Waals surface area contributed by atoms with Crippen molar-refractivity contribution < 1.29 is 4.74 Å². The predicted octanol–water partition coefficient (Wildman–Crippen LogP) is 7.53. The summed E-state index contributed by atoms with van der Waals surface area (Å²) in [4.78, 5) is 0. The Morgan fingerprint density at radius 1 is 0.625 bits per heavy atom. The van der Waals surface area contributed by atoms with Crippen molar-refractivity contribution in [1.29, 1.82) is 0 Å². The molecule has 0 atom stereocenters. The zero-order valence-corrected chi connectivity index (χ0v) is 16.7. The highest BCUT2D eigenvalue weighted by molar-refractivity contribution is 4.81. The van der Waals surface area contributed by atoms with Gasteiger partial charge in [0.2, 0.25) is 0 Å². The van der Waals surface area contributed by atoms with Crippen LogP contribution in [0, 0.1) is 17.8 Å². The predicted molar refractivity (Wildman–Crippen MR) is 105 cm³/mol. The maximum Gasteiger partial charge on any atom is 0.0575 e. The number of ether oxygens (including phenoxy) is 1. The molecule has 0 bridgehead atoms. The Kier molecular flexibility index (Phi) is 10.4. The van der Waals surface area contributed by atoms with E-state index in [-0.39, 0.29) is 0 Å². The van der Waals surface area contributed by atoms with Crippen molar-refractivity contribution in [3.05, 3.63) is 0 Å². The van der Waals surface area contributed by atoms with Gasteiger partial charge in [0.05, 0.1) is 6.10 Å². The maximum absolute atomic E-state index is 6.18. The summed E-state index contributed by atoms with van der Waals surface area (Å²) in [5, 5.41) is 0. The van der Waals surface area contributed by atoms with E-state index in [1.807, 2.05) is 0 Å². The second-order valence-corrected chi connectivity index (χ2v) is 8.90. The van der Waals surface area contributed by atoms with E-state index in [9.17, 15) is 0 Å². The molecule has 0 aliphatic heterocycles. The van der Waals surface area contributed by atoms with Gasteiger partial charge in [-0.05, 0) is 62.7 Å². The minimum Gasteiger partial charge on any atom is -0.378 e. The smallest absolute Gasteiger partial charge is 0.0575 e. The fraction of sp³-hybridized carbons (Fsp3) is 1.00. The van der Waals surface area contributed by atoms with Crippen molar-refractivity contribution in [2.45, 2.75) is 123 Å². The summed E-state index contributed by atoms with van der Waals surface area (Å²) in [6.45, 7) is 5.75. The number of hydrogen-bond donors (Lipinski definition) is 0. The van der Waals surface area contributed by atoms with E-state index in [0.29, 0.717) is 6.10 Å². The fourth-order valence-corrected chi connectivity index (χ4v) is 4.97. The lowest BCUT2D eigenvalue weighted by molar-refractivity contribution is 0.00563. The zero-order chi connectivity index (χ0) is 17.0. The van der Waals surface area contributed by atoms with E-state index >= 15 is 0 Å². The molecule has 2 fully saturated rings. The zero-order valence-electron chi connectivity index (χ0n) is 16.7. The summed E-state index contributed by atoms with van der Waals surface area (Å²) >= 11 is 0. The fourth-order valence-electron chi connectivity index (χ4n) is 4.97. The summed E-state index contributed by atoms with van der Waals surface area (Å²) < 4.78 is 6.18. The lowest BCUT2D eigenvalue weighted by Gasteiger charge is -2.37. The van der Waals surface area contributed by atoms with Crippen LogP contribution >= 0.6 is 0 Å². The van der Waals surface area contributed by atoms with Gasteiger partial charge < -0.3 is 4.74 Å². The highest BCUT2D eigenvalue weighted by Gasteiger charge is 2.30. The van der Waals surface area contributed by atoms with Gasteiger partial charge in [-0.1, -0.05) is 71.6 Å². The van der Waals surface area contributed by atoms with Gasteiger partial charge >= 0.3 is 0 Å². The molecule has 2 saturated carbocycles. The average Bonchev–Trinajstić information content (AvgIpc) is 2.62. The maximum atomic E-state index is 6.18. The Morgan fingerprint density at radius 2 is 1.12 bits per heavy atom. The molecular weight excluding hydrogens is 292 g/mol. The minimum atomic E-state index is 0.591. The number of hydrogen-bond acceptors (Lipinski definition) is 1. The molecule has 0 unspecified atom stereocenters. The first-order valence-corrected chi connectivity index (χ1v) is 11.4. The molecule has 1 heteroatoms. The number of rotatable bonds is 11. The number of unbranched alkanes of at least 4 members (excludes halogenated alkanes) is 7. The molecule has 0 saturated heterocycles. The van der Waals surface area contributed by atoms with Crippen molar-refractivity contribution >= 4 is 0 Å². The average molecular weight is 337 g/mol. The molecule has 142 valence electrons. The van der Waals surface area contributed by atoms with E-state index < -0.39 is 0 Å².